The molecule has 0 aromatic heterocycles. The van der Waals surface area contributed by atoms with Gasteiger partial charge in [0.2, 0.25) is 5.91 Å². The summed E-state index contributed by atoms with van der Waals surface area (Å²) in [5.41, 5.74) is 0. The number of unbranched alkanes of at least 4 members (excludes halogenated alkanes) is 22. The number of hydrogen-bond acceptors (Lipinski definition) is 5. The van der Waals surface area contributed by atoms with Crippen LogP contribution in [0.4, 0.5) is 0 Å². The molecule has 0 aromatic carbocycles. The number of hydrogen-bond donors (Lipinski definition) is 3. The maximum atomic E-state index is 13.2. The molecule has 0 saturated carbocycles. The van der Waals surface area contributed by atoms with Crippen LogP contribution in [0, 0.1) is 0 Å². The van der Waals surface area contributed by atoms with Crippen LogP contribution in [-0.2, 0) is 14.3 Å². The molecule has 0 aliphatic carbocycles. The summed E-state index contributed by atoms with van der Waals surface area (Å²) in [7, 11) is 0. The van der Waals surface area contributed by atoms with E-state index in [1.54, 1.807) is 0 Å². The lowest BCUT2D eigenvalue weighted by molar-refractivity contribution is -0.151. The van der Waals surface area contributed by atoms with Crippen molar-refractivity contribution >= 4 is 11.9 Å². The number of allylic oxidation sites excluding steroid dienone is 10. The van der Waals surface area contributed by atoms with E-state index in [0.717, 1.165) is 83.5 Å². The molecule has 0 spiro atoms. The van der Waals surface area contributed by atoms with Crippen molar-refractivity contribution in [1.82, 2.24) is 5.32 Å². The first-order valence-corrected chi connectivity index (χ1v) is 24.5. The second-order valence-electron chi connectivity index (χ2n) is 16.5. The molecule has 0 fully saturated rings. The molecule has 58 heavy (non-hydrogen) atoms. The molecule has 0 saturated heterocycles. The van der Waals surface area contributed by atoms with E-state index in [1.807, 2.05) is 0 Å². The minimum atomic E-state index is -0.800. The third kappa shape index (κ3) is 40.3. The summed E-state index contributed by atoms with van der Waals surface area (Å²) in [4.78, 5) is 26.1. The Kier molecular flexibility index (Phi) is 43.7. The lowest BCUT2D eigenvalue weighted by atomic mass is 10.0. The van der Waals surface area contributed by atoms with Crippen LogP contribution in [0.1, 0.15) is 233 Å². The van der Waals surface area contributed by atoms with Gasteiger partial charge in [-0.2, -0.15) is 0 Å². The fourth-order valence-corrected chi connectivity index (χ4v) is 7.14. The highest BCUT2D eigenvalue weighted by Gasteiger charge is 2.24. The maximum absolute atomic E-state index is 13.2. The Bertz CT molecular complexity index is 1050. The minimum Gasteiger partial charge on any atom is -0.462 e. The zero-order valence-electron chi connectivity index (χ0n) is 38.2. The van der Waals surface area contributed by atoms with Gasteiger partial charge >= 0.3 is 5.97 Å². The van der Waals surface area contributed by atoms with Gasteiger partial charge in [0.05, 0.1) is 25.2 Å². The smallest absolute Gasteiger partial charge is 0.306 e. The molecular formula is C52H93NO5. The van der Waals surface area contributed by atoms with Gasteiger partial charge in [0.1, 0.15) is 6.10 Å². The molecule has 3 unspecified atom stereocenters. The Hall–Kier alpha value is -2.44. The Morgan fingerprint density at radius 3 is 1.57 bits per heavy atom. The van der Waals surface area contributed by atoms with Crippen molar-refractivity contribution in [3.05, 3.63) is 60.8 Å². The summed E-state index contributed by atoms with van der Waals surface area (Å²) in [5, 5.41) is 23.7. The SMILES string of the molecule is CC/C=C/C/C=C/C/C=C/CCCCC(CC(=O)NC(CO)C(O)CCCCCCCCCCCCCC)OC(=O)CCCCCCCC/C=C/C=C/CCCCC. The van der Waals surface area contributed by atoms with Crippen LogP contribution >= 0.6 is 0 Å². The third-order valence-electron chi connectivity index (χ3n) is 10.9. The molecule has 3 N–H and O–H groups in total. The predicted molar refractivity (Wildman–Crippen MR) is 250 cm³/mol. The molecule has 0 aliphatic rings. The first kappa shape index (κ1) is 55.6. The van der Waals surface area contributed by atoms with Gasteiger partial charge in [0.15, 0.2) is 0 Å². The van der Waals surface area contributed by atoms with E-state index in [9.17, 15) is 19.8 Å². The van der Waals surface area contributed by atoms with Crippen molar-refractivity contribution in [1.29, 1.82) is 0 Å². The van der Waals surface area contributed by atoms with E-state index in [1.165, 1.54) is 103 Å². The number of rotatable bonds is 43. The van der Waals surface area contributed by atoms with Crippen LogP contribution in [-0.4, -0.2) is 46.9 Å². The lowest BCUT2D eigenvalue weighted by Gasteiger charge is -2.24. The van der Waals surface area contributed by atoms with Gasteiger partial charge in [-0.05, 0) is 83.5 Å². The van der Waals surface area contributed by atoms with Gasteiger partial charge < -0.3 is 20.3 Å². The zero-order chi connectivity index (χ0) is 42.4. The standard InChI is InChI=1S/C52H93NO5/c1-4-7-10-13-16-19-22-25-26-27-30-33-36-39-42-45-52(57)58-48(43-40-37-34-31-28-23-20-17-14-11-8-5-2)46-51(56)53-49(47-54)50(55)44-41-38-35-32-29-24-21-18-15-12-9-6-3/h8,11,16-17,19-20,22,25,28,31,48-50,54-55H,4-7,9-10,12-15,18,21,23-24,26-27,29-30,32-47H2,1-3H3,(H,53,56)/b11-8+,19-16+,20-17+,25-22+,31-28+. The normalized spacial score (nSPS) is 13.8. The number of carbonyl (C=O) groups excluding carboxylic acids is 2. The third-order valence-corrected chi connectivity index (χ3v) is 10.9. The number of aliphatic hydroxyl groups is 2. The summed E-state index contributed by atoms with van der Waals surface area (Å²) < 4.78 is 5.89. The molecule has 336 valence electrons. The largest absolute Gasteiger partial charge is 0.462 e. The first-order chi connectivity index (χ1) is 28.5. The van der Waals surface area contributed by atoms with Crippen LogP contribution in [0.15, 0.2) is 60.8 Å². The summed E-state index contributed by atoms with van der Waals surface area (Å²) in [6.45, 7) is 6.31. The lowest BCUT2D eigenvalue weighted by Crippen LogP contribution is -2.46. The van der Waals surface area contributed by atoms with Crippen molar-refractivity contribution in [3.63, 3.8) is 0 Å². The number of amides is 1. The maximum Gasteiger partial charge on any atom is 0.306 e. The molecule has 3 atom stereocenters. The van der Waals surface area contributed by atoms with Crippen molar-refractivity contribution < 1.29 is 24.5 Å². The molecule has 0 aliphatic heterocycles. The van der Waals surface area contributed by atoms with Crippen LogP contribution in [0.5, 0.6) is 0 Å². The van der Waals surface area contributed by atoms with E-state index in [2.05, 4.69) is 86.8 Å². The van der Waals surface area contributed by atoms with E-state index >= 15 is 0 Å². The first-order valence-electron chi connectivity index (χ1n) is 24.5. The van der Waals surface area contributed by atoms with Crippen molar-refractivity contribution in [2.45, 2.75) is 251 Å². The second-order valence-corrected chi connectivity index (χ2v) is 16.5. The minimum absolute atomic E-state index is 0.0454. The Morgan fingerprint density at radius 1 is 0.534 bits per heavy atom. The molecule has 0 rings (SSSR count). The van der Waals surface area contributed by atoms with E-state index < -0.39 is 18.2 Å². The summed E-state index contributed by atoms with van der Waals surface area (Å²) in [6, 6.07) is -0.716. The molecule has 0 bridgehead atoms. The molecule has 0 aromatic rings. The molecule has 6 nitrogen and oxygen atoms in total. The molecule has 6 heteroatoms. The van der Waals surface area contributed by atoms with Gasteiger partial charge in [-0.1, -0.05) is 197 Å². The monoisotopic (exact) mass is 812 g/mol. The van der Waals surface area contributed by atoms with E-state index in [-0.39, 0.29) is 24.9 Å². The van der Waals surface area contributed by atoms with Crippen LogP contribution in [0.2, 0.25) is 0 Å². The number of carbonyl (C=O) groups is 2. The number of ether oxygens (including phenoxy) is 1. The highest BCUT2D eigenvalue weighted by Crippen LogP contribution is 2.17. The van der Waals surface area contributed by atoms with Crippen LogP contribution in [0.3, 0.4) is 0 Å². The van der Waals surface area contributed by atoms with Gasteiger partial charge in [-0.15, -0.1) is 0 Å². The highest BCUT2D eigenvalue weighted by molar-refractivity contribution is 5.77. The fraction of sp³-hybridized carbons (Fsp3) is 0.769. The Labute approximate surface area is 358 Å². The topological polar surface area (TPSA) is 95.9 Å². The van der Waals surface area contributed by atoms with Gasteiger partial charge in [-0.3, -0.25) is 9.59 Å². The van der Waals surface area contributed by atoms with E-state index in [4.69, 9.17) is 4.74 Å². The summed E-state index contributed by atoms with van der Waals surface area (Å²) in [6.07, 6.45) is 55.6. The number of aliphatic hydroxyl groups excluding tert-OH is 2. The average Bonchev–Trinajstić information content (AvgIpc) is 3.22. The zero-order valence-corrected chi connectivity index (χ0v) is 38.2. The number of nitrogens with one attached hydrogen (secondary N) is 1. The highest BCUT2D eigenvalue weighted by atomic mass is 16.5. The quantitative estimate of drug-likeness (QED) is 0.0247. The predicted octanol–water partition coefficient (Wildman–Crippen LogP) is 14.5. The van der Waals surface area contributed by atoms with Gasteiger partial charge in [-0.25, -0.2) is 0 Å². The molecular weight excluding hydrogens is 719 g/mol. The van der Waals surface area contributed by atoms with Gasteiger partial charge in [0.25, 0.3) is 0 Å². The molecule has 0 radical (unpaired) electrons. The van der Waals surface area contributed by atoms with E-state index in [0.29, 0.717) is 19.3 Å². The molecule has 1 amide bonds. The Balaban J connectivity index is 4.64. The van der Waals surface area contributed by atoms with Crippen molar-refractivity contribution in [3.8, 4) is 0 Å². The van der Waals surface area contributed by atoms with Crippen LogP contribution < -0.4 is 5.32 Å². The average molecular weight is 812 g/mol. The molecule has 0 heterocycles. The summed E-state index contributed by atoms with van der Waals surface area (Å²) >= 11 is 0. The second kappa shape index (κ2) is 45.6. The van der Waals surface area contributed by atoms with Crippen molar-refractivity contribution in [2.75, 3.05) is 6.61 Å². The summed E-state index contributed by atoms with van der Waals surface area (Å²) in [5.74, 6) is -0.527. The van der Waals surface area contributed by atoms with Gasteiger partial charge in [0, 0.05) is 6.42 Å². The van der Waals surface area contributed by atoms with Crippen LogP contribution in [0.25, 0.3) is 0 Å². The number of esters is 1. The van der Waals surface area contributed by atoms with Crippen molar-refractivity contribution in [2.24, 2.45) is 0 Å². The fourth-order valence-electron chi connectivity index (χ4n) is 7.14. The Morgan fingerprint density at radius 2 is 0.983 bits per heavy atom.